The van der Waals surface area contributed by atoms with Gasteiger partial charge in [-0.2, -0.15) is 8.78 Å². The van der Waals surface area contributed by atoms with Crippen LogP contribution >= 0.6 is 11.3 Å². The molecule has 128 valence electrons. The molecular weight excluding hydrogens is 343 g/mol. The lowest BCUT2D eigenvalue weighted by Gasteiger charge is -2.33. The van der Waals surface area contributed by atoms with E-state index in [1.165, 1.54) is 28.5 Å². The minimum Gasteiger partial charge on any atom is -0.433 e. The van der Waals surface area contributed by atoms with Crippen LogP contribution in [0.25, 0.3) is 0 Å². The molecule has 2 heterocycles. The van der Waals surface area contributed by atoms with Gasteiger partial charge in [0.1, 0.15) is 22.5 Å². The number of halogens is 3. The lowest BCUT2D eigenvalue weighted by atomic mass is 10.1. The zero-order chi connectivity index (χ0) is 17.1. The molecule has 8 heteroatoms. The molecule has 0 radical (unpaired) electrons. The van der Waals surface area contributed by atoms with Crippen molar-refractivity contribution in [2.45, 2.75) is 12.7 Å². The van der Waals surface area contributed by atoms with Gasteiger partial charge in [-0.05, 0) is 29.1 Å². The normalized spacial score (nSPS) is 18.0. The molecule has 1 aromatic heterocycles. The molecule has 0 aliphatic carbocycles. The predicted octanol–water partition coefficient (Wildman–Crippen LogP) is 3.70. The minimum absolute atomic E-state index is 0.121. The van der Waals surface area contributed by atoms with E-state index in [2.05, 4.69) is 4.74 Å². The Labute approximate surface area is 140 Å². The van der Waals surface area contributed by atoms with Crippen LogP contribution in [0.4, 0.5) is 13.2 Å². The number of morpholine rings is 1. The first kappa shape index (κ1) is 16.8. The van der Waals surface area contributed by atoms with Crippen LogP contribution in [0.3, 0.4) is 0 Å². The highest BCUT2D eigenvalue weighted by molar-refractivity contribution is 7.12. The van der Waals surface area contributed by atoms with Gasteiger partial charge in [0, 0.05) is 6.54 Å². The number of alkyl halides is 2. The summed E-state index contributed by atoms with van der Waals surface area (Å²) in [6, 6.07) is 7.32. The van der Waals surface area contributed by atoms with Gasteiger partial charge in [-0.15, -0.1) is 11.3 Å². The van der Waals surface area contributed by atoms with Gasteiger partial charge < -0.3 is 14.4 Å². The van der Waals surface area contributed by atoms with Crippen LogP contribution in [-0.2, 0) is 4.74 Å². The lowest BCUT2D eigenvalue weighted by molar-refractivity contribution is -0.0504. The van der Waals surface area contributed by atoms with Crippen LogP contribution < -0.4 is 4.74 Å². The van der Waals surface area contributed by atoms with Crippen LogP contribution in [0.5, 0.6) is 5.75 Å². The van der Waals surface area contributed by atoms with Crippen LogP contribution in [0.2, 0.25) is 0 Å². The summed E-state index contributed by atoms with van der Waals surface area (Å²) >= 11 is 1.04. The first-order chi connectivity index (χ1) is 11.5. The third-order valence-corrected chi connectivity index (χ3v) is 4.50. The Morgan fingerprint density at radius 1 is 1.38 bits per heavy atom. The molecule has 3 rings (SSSR count). The number of thiophene rings is 1. The largest absolute Gasteiger partial charge is 0.433 e. The van der Waals surface area contributed by atoms with Crippen molar-refractivity contribution in [1.29, 1.82) is 0 Å². The molecule has 1 aromatic carbocycles. The third kappa shape index (κ3) is 3.70. The highest BCUT2D eigenvalue weighted by Gasteiger charge is 2.29. The molecule has 1 unspecified atom stereocenters. The summed E-state index contributed by atoms with van der Waals surface area (Å²) in [5, 5.41) is 1.52. The maximum atomic E-state index is 13.4. The second-order valence-electron chi connectivity index (χ2n) is 5.16. The number of rotatable bonds is 4. The Hall–Kier alpha value is -2.06. The smallest absolute Gasteiger partial charge is 0.387 e. The SMILES string of the molecule is O=C(c1sccc1OC(F)F)N1CCOC(c2cccc(F)c2)C1. The molecule has 1 aliphatic heterocycles. The van der Waals surface area contributed by atoms with Crippen molar-refractivity contribution in [3.63, 3.8) is 0 Å². The van der Waals surface area contributed by atoms with Gasteiger partial charge in [-0.25, -0.2) is 4.39 Å². The summed E-state index contributed by atoms with van der Waals surface area (Å²) in [4.78, 5) is 14.2. The molecule has 2 aromatic rings. The van der Waals surface area contributed by atoms with E-state index < -0.39 is 18.6 Å². The summed E-state index contributed by atoms with van der Waals surface area (Å²) in [6.45, 7) is -2.16. The van der Waals surface area contributed by atoms with Crippen LogP contribution in [0.15, 0.2) is 35.7 Å². The highest BCUT2D eigenvalue weighted by Crippen LogP contribution is 2.30. The van der Waals surface area contributed by atoms with E-state index in [0.717, 1.165) is 11.3 Å². The molecule has 1 aliphatic rings. The van der Waals surface area contributed by atoms with Crippen molar-refractivity contribution >= 4 is 17.2 Å². The number of hydrogen-bond donors (Lipinski definition) is 0. The average Bonchev–Trinajstić information content (AvgIpc) is 3.01. The van der Waals surface area contributed by atoms with E-state index in [1.54, 1.807) is 12.1 Å². The van der Waals surface area contributed by atoms with Crippen molar-refractivity contribution < 1.29 is 27.4 Å². The minimum atomic E-state index is -2.99. The first-order valence-electron chi connectivity index (χ1n) is 7.23. The molecule has 1 amide bonds. The van der Waals surface area contributed by atoms with E-state index in [0.29, 0.717) is 12.1 Å². The molecule has 4 nitrogen and oxygen atoms in total. The fourth-order valence-corrected chi connectivity index (χ4v) is 3.32. The Bertz CT molecular complexity index is 722. The van der Waals surface area contributed by atoms with Gasteiger partial charge >= 0.3 is 6.61 Å². The Morgan fingerprint density at radius 2 is 2.21 bits per heavy atom. The van der Waals surface area contributed by atoms with E-state index in [1.807, 2.05) is 0 Å². The van der Waals surface area contributed by atoms with Crippen molar-refractivity contribution in [1.82, 2.24) is 4.90 Å². The number of nitrogens with zero attached hydrogens (tertiary/aromatic N) is 1. The number of benzene rings is 1. The molecular formula is C16H14F3NO3S. The highest BCUT2D eigenvalue weighted by atomic mass is 32.1. The molecule has 0 bridgehead atoms. The van der Waals surface area contributed by atoms with Gasteiger partial charge in [-0.3, -0.25) is 4.79 Å². The van der Waals surface area contributed by atoms with Gasteiger partial charge in [-0.1, -0.05) is 12.1 Å². The Morgan fingerprint density at radius 3 is 2.96 bits per heavy atom. The molecule has 1 atom stereocenters. The van der Waals surface area contributed by atoms with Crippen molar-refractivity contribution in [2.24, 2.45) is 0 Å². The summed E-state index contributed by atoms with van der Waals surface area (Å²) in [7, 11) is 0. The molecule has 0 N–H and O–H groups in total. The van der Waals surface area contributed by atoms with Gasteiger partial charge in [0.15, 0.2) is 0 Å². The van der Waals surface area contributed by atoms with Gasteiger partial charge in [0.2, 0.25) is 0 Å². The summed E-state index contributed by atoms with van der Waals surface area (Å²) in [6.07, 6.45) is -0.460. The van der Waals surface area contributed by atoms with Gasteiger partial charge in [0.25, 0.3) is 5.91 Å². The van der Waals surface area contributed by atoms with Crippen LogP contribution in [0, 0.1) is 5.82 Å². The fraction of sp³-hybridized carbons (Fsp3) is 0.312. The maximum absolute atomic E-state index is 13.4. The summed E-state index contributed by atoms with van der Waals surface area (Å²) in [5.74, 6) is -0.912. The topological polar surface area (TPSA) is 38.8 Å². The first-order valence-corrected chi connectivity index (χ1v) is 8.11. The molecule has 24 heavy (non-hydrogen) atoms. The number of carbonyl (C=O) groups is 1. The number of hydrogen-bond acceptors (Lipinski definition) is 4. The molecule has 1 fully saturated rings. The van der Waals surface area contributed by atoms with Crippen LogP contribution in [-0.4, -0.2) is 37.1 Å². The van der Waals surface area contributed by atoms with E-state index >= 15 is 0 Å². The van der Waals surface area contributed by atoms with E-state index in [9.17, 15) is 18.0 Å². The number of ether oxygens (including phenoxy) is 2. The molecule has 1 saturated heterocycles. The number of amides is 1. The van der Waals surface area contributed by atoms with E-state index in [-0.39, 0.29) is 29.6 Å². The Kier molecular flexibility index (Phi) is 5.06. The fourth-order valence-electron chi connectivity index (χ4n) is 2.53. The summed E-state index contributed by atoms with van der Waals surface area (Å²) in [5.41, 5.74) is 0.628. The van der Waals surface area contributed by atoms with Gasteiger partial charge in [0.05, 0.1) is 13.2 Å². The average molecular weight is 357 g/mol. The number of carbonyl (C=O) groups excluding carboxylic acids is 1. The maximum Gasteiger partial charge on any atom is 0.387 e. The molecule has 0 saturated carbocycles. The van der Waals surface area contributed by atoms with Crippen molar-refractivity contribution in [2.75, 3.05) is 19.7 Å². The zero-order valence-electron chi connectivity index (χ0n) is 12.5. The quantitative estimate of drug-likeness (QED) is 0.838. The predicted molar refractivity (Wildman–Crippen MR) is 81.9 cm³/mol. The Balaban J connectivity index is 1.75. The van der Waals surface area contributed by atoms with E-state index in [4.69, 9.17) is 4.74 Å². The zero-order valence-corrected chi connectivity index (χ0v) is 13.3. The monoisotopic (exact) mass is 357 g/mol. The second kappa shape index (κ2) is 7.23. The molecule has 0 spiro atoms. The van der Waals surface area contributed by atoms with Crippen LogP contribution in [0.1, 0.15) is 21.3 Å². The van der Waals surface area contributed by atoms with Crippen molar-refractivity contribution in [3.8, 4) is 5.75 Å². The third-order valence-electron chi connectivity index (χ3n) is 3.61. The summed E-state index contributed by atoms with van der Waals surface area (Å²) < 4.78 is 48.1. The second-order valence-corrected chi connectivity index (χ2v) is 6.07. The van der Waals surface area contributed by atoms with Crippen molar-refractivity contribution in [3.05, 3.63) is 52.0 Å². The standard InChI is InChI=1S/C16H14F3NO3S/c17-11-3-1-2-10(8-11)13-9-20(5-6-22-13)15(21)14-12(4-7-24-14)23-16(18)19/h1-4,7-8,13,16H,5-6,9H2. The lowest BCUT2D eigenvalue weighted by Crippen LogP contribution is -2.42.